The maximum absolute atomic E-state index is 13.3. The summed E-state index contributed by atoms with van der Waals surface area (Å²) < 4.78 is 26.2. The number of aromatic nitrogens is 2. The fraction of sp³-hybridized carbons (Fsp3) is 0.167. The highest BCUT2D eigenvalue weighted by atomic mass is 19.1. The predicted molar refractivity (Wildman–Crippen MR) is 60.5 cm³/mol. The molecule has 1 N–H and O–H groups in total. The number of nitrogens with one attached hydrogen (secondary N) is 1. The van der Waals surface area contributed by atoms with Gasteiger partial charge in [0.05, 0.1) is 5.69 Å². The van der Waals surface area contributed by atoms with E-state index in [1.165, 1.54) is 0 Å². The molecule has 0 saturated carbocycles. The Labute approximate surface area is 97.5 Å². The Balaban J connectivity index is 2.07. The average molecular weight is 235 g/mol. The molecule has 0 saturated heterocycles. The zero-order chi connectivity index (χ0) is 12.3. The molecule has 0 unspecified atom stereocenters. The molecule has 2 rings (SSSR count). The lowest BCUT2D eigenvalue weighted by molar-refractivity contribution is 0.587. The van der Waals surface area contributed by atoms with Gasteiger partial charge in [-0.2, -0.15) is 5.10 Å². The summed E-state index contributed by atoms with van der Waals surface area (Å²) in [5.41, 5.74) is 1.06. The van der Waals surface area contributed by atoms with Crippen molar-refractivity contribution in [2.24, 2.45) is 0 Å². The highest BCUT2D eigenvalue weighted by molar-refractivity contribution is 5.34. The van der Waals surface area contributed by atoms with E-state index in [-0.39, 0.29) is 12.1 Å². The molecule has 1 heterocycles. The van der Waals surface area contributed by atoms with Crippen LogP contribution in [-0.4, -0.2) is 10.2 Å². The number of anilines is 1. The van der Waals surface area contributed by atoms with Crippen LogP contribution < -0.4 is 5.32 Å². The molecule has 17 heavy (non-hydrogen) atoms. The van der Waals surface area contributed by atoms with Crippen LogP contribution in [0, 0.1) is 18.6 Å². The van der Waals surface area contributed by atoms with Gasteiger partial charge in [-0.15, -0.1) is 5.10 Å². The Morgan fingerprint density at radius 1 is 1.12 bits per heavy atom. The summed E-state index contributed by atoms with van der Waals surface area (Å²) in [4.78, 5) is 0. The lowest BCUT2D eigenvalue weighted by Gasteiger charge is -2.06. The van der Waals surface area contributed by atoms with Gasteiger partial charge in [-0.1, -0.05) is 0 Å². The summed E-state index contributed by atoms with van der Waals surface area (Å²) >= 11 is 0. The van der Waals surface area contributed by atoms with E-state index in [0.717, 1.165) is 23.9 Å². The van der Waals surface area contributed by atoms with Crippen LogP contribution >= 0.6 is 0 Å². The number of aryl methyl sites for hydroxylation is 1. The van der Waals surface area contributed by atoms with Crippen LogP contribution in [0.25, 0.3) is 0 Å². The summed E-state index contributed by atoms with van der Waals surface area (Å²) in [5.74, 6) is -0.378. The Morgan fingerprint density at radius 3 is 2.65 bits per heavy atom. The molecule has 0 atom stereocenters. The summed E-state index contributed by atoms with van der Waals surface area (Å²) in [6.45, 7) is 1.99. The third kappa shape index (κ3) is 2.96. The van der Waals surface area contributed by atoms with Gasteiger partial charge < -0.3 is 5.32 Å². The van der Waals surface area contributed by atoms with E-state index in [4.69, 9.17) is 0 Å². The van der Waals surface area contributed by atoms with Crippen LogP contribution in [0.4, 0.5) is 14.6 Å². The molecule has 2 aromatic rings. The number of rotatable bonds is 3. The molecule has 0 aliphatic heterocycles. The van der Waals surface area contributed by atoms with Crippen LogP contribution in [0.3, 0.4) is 0 Å². The molecule has 5 heteroatoms. The van der Waals surface area contributed by atoms with Crippen molar-refractivity contribution in [2.75, 3.05) is 5.32 Å². The van der Waals surface area contributed by atoms with Crippen molar-refractivity contribution in [3.63, 3.8) is 0 Å². The molecule has 0 aliphatic carbocycles. The second-order valence-corrected chi connectivity index (χ2v) is 3.65. The molecule has 0 amide bonds. The molecule has 0 aliphatic rings. The number of hydrogen-bond donors (Lipinski definition) is 1. The molecule has 1 aromatic heterocycles. The second kappa shape index (κ2) is 4.86. The number of halogens is 2. The van der Waals surface area contributed by atoms with Crippen LogP contribution in [0.5, 0.6) is 0 Å². The van der Waals surface area contributed by atoms with Crippen LogP contribution in [0.15, 0.2) is 30.3 Å². The molecule has 0 bridgehead atoms. The van der Waals surface area contributed by atoms with Crippen molar-refractivity contribution in [1.29, 1.82) is 0 Å². The molecule has 1 aromatic carbocycles. The number of hydrogen-bond acceptors (Lipinski definition) is 3. The van der Waals surface area contributed by atoms with E-state index in [0.29, 0.717) is 5.82 Å². The Bertz CT molecular complexity index is 512. The van der Waals surface area contributed by atoms with E-state index in [1.807, 2.05) is 6.92 Å². The summed E-state index contributed by atoms with van der Waals surface area (Å²) in [5, 5.41) is 10.6. The summed E-state index contributed by atoms with van der Waals surface area (Å²) in [6, 6.07) is 6.87. The minimum atomic E-state index is -0.460. The van der Waals surface area contributed by atoms with E-state index in [2.05, 4.69) is 15.5 Å². The van der Waals surface area contributed by atoms with Crippen molar-refractivity contribution >= 4 is 5.82 Å². The zero-order valence-electron chi connectivity index (χ0n) is 9.24. The molecule has 88 valence electrons. The predicted octanol–water partition coefficient (Wildman–Crippen LogP) is 2.68. The van der Waals surface area contributed by atoms with Gasteiger partial charge in [-0.3, -0.25) is 0 Å². The third-order valence-corrected chi connectivity index (χ3v) is 2.27. The molecule has 3 nitrogen and oxygen atoms in total. The molecular formula is C12H11F2N3. The second-order valence-electron chi connectivity index (χ2n) is 3.65. The first-order valence-electron chi connectivity index (χ1n) is 5.13. The fourth-order valence-corrected chi connectivity index (χ4v) is 1.36. The van der Waals surface area contributed by atoms with Crippen LogP contribution in [-0.2, 0) is 6.54 Å². The fourth-order valence-electron chi connectivity index (χ4n) is 1.36. The quantitative estimate of drug-likeness (QED) is 0.888. The third-order valence-electron chi connectivity index (χ3n) is 2.27. The largest absolute Gasteiger partial charge is 0.364 e. The maximum atomic E-state index is 13.3. The van der Waals surface area contributed by atoms with Gasteiger partial charge in [0.1, 0.15) is 17.5 Å². The van der Waals surface area contributed by atoms with Gasteiger partial charge in [-0.25, -0.2) is 8.78 Å². The highest BCUT2D eigenvalue weighted by Crippen LogP contribution is 2.11. The minimum absolute atomic E-state index is 0.168. The SMILES string of the molecule is Cc1ccc(NCc2cc(F)ccc2F)nn1. The lowest BCUT2D eigenvalue weighted by Crippen LogP contribution is -2.04. The number of nitrogens with zero attached hydrogens (tertiary/aromatic N) is 2. The smallest absolute Gasteiger partial charge is 0.148 e. The van der Waals surface area contributed by atoms with E-state index >= 15 is 0 Å². The first-order chi connectivity index (χ1) is 8.15. The van der Waals surface area contributed by atoms with E-state index in [9.17, 15) is 8.78 Å². The molecular weight excluding hydrogens is 224 g/mol. The monoisotopic (exact) mass is 235 g/mol. The van der Waals surface area contributed by atoms with Crippen LogP contribution in [0.1, 0.15) is 11.3 Å². The van der Waals surface area contributed by atoms with Crippen LogP contribution in [0.2, 0.25) is 0 Å². The standard InChI is InChI=1S/C12H11F2N3/c1-8-2-5-12(17-16-8)15-7-9-6-10(13)3-4-11(9)14/h2-6H,7H2,1H3,(H,15,17). The minimum Gasteiger partial charge on any atom is -0.364 e. The summed E-state index contributed by atoms with van der Waals surface area (Å²) in [7, 11) is 0. The highest BCUT2D eigenvalue weighted by Gasteiger charge is 2.04. The van der Waals surface area contributed by atoms with Gasteiger partial charge >= 0.3 is 0 Å². The Morgan fingerprint density at radius 2 is 1.94 bits per heavy atom. The van der Waals surface area contributed by atoms with Gasteiger partial charge in [-0.05, 0) is 37.3 Å². The van der Waals surface area contributed by atoms with E-state index in [1.54, 1.807) is 12.1 Å². The van der Waals surface area contributed by atoms with Gasteiger partial charge in [0.25, 0.3) is 0 Å². The Kier molecular flexibility index (Phi) is 3.27. The Hall–Kier alpha value is -2.04. The average Bonchev–Trinajstić information content (AvgIpc) is 2.32. The molecule has 0 spiro atoms. The molecule has 0 radical (unpaired) electrons. The zero-order valence-corrected chi connectivity index (χ0v) is 9.24. The lowest BCUT2D eigenvalue weighted by atomic mass is 10.2. The van der Waals surface area contributed by atoms with Gasteiger partial charge in [0.2, 0.25) is 0 Å². The van der Waals surface area contributed by atoms with Crippen molar-refractivity contribution < 1.29 is 8.78 Å². The topological polar surface area (TPSA) is 37.8 Å². The van der Waals surface area contributed by atoms with Gasteiger partial charge in [0.15, 0.2) is 0 Å². The van der Waals surface area contributed by atoms with Gasteiger partial charge in [0, 0.05) is 12.1 Å². The first-order valence-corrected chi connectivity index (χ1v) is 5.13. The van der Waals surface area contributed by atoms with E-state index < -0.39 is 11.6 Å². The van der Waals surface area contributed by atoms with Crippen molar-refractivity contribution in [2.45, 2.75) is 13.5 Å². The first kappa shape index (κ1) is 11.4. The number of benzene rings is 1. The normalized spacial score (nSPS) is 10.3. The van der Waals surface area contributed by atoms with Crippen molar-refractivity contribution in [1.82, 2.24) is 10.2 Å². The van der Waals surface area contributed by atoms with Crippen molar-refractivity contribution in [3.8, 4) is 0 Å². The maximum Gasteiger partial charge on any atom is 0.148 e. The van der Waals surface area contributed by atoms with Crippen molar-refractivity contribution in [3.05, 3.63) is 53.2 Å². The summed E-state index contributed by atoms with van der Waals surface area (Å²) in [6.07, 6.45) is 0. The molecule has 0 fully saturated rings.